The van der Waals surface area contributed by atoms with Gasteiger partial charge in [-0.3, -0.25) is 19.5 Å². The van der Waals surface area contributed by atoms with Crippen LogP contribution in [-0.2, 0) is 9.59 Å². The number of aryl methyl sites for hydroxylation is 2. The number of amides is 2. The number of nitrogens with one attached hydrogen (secondary N) is 1. The van der Waals surface area contributed by atoms with Crippen LogP contribution < -0.4 is 5.32 Å². The van der Waals surface area contributed by atoms with E-state index < -0.39 is 6.04 Å². The zero-order valence-electron chi connectivity index (χ0n) is 10.2. The van der Waals surface area contributed by atoms with Gasteiger partial charge >= 0.3 is 0 Å². The molecule has 0 saturated carbocycles. The van der Waals surface area contributed by atoms with Crippen LogP contribution in [0.2, 0.25) is 0 Å². The van der Waals surface area contributed by atoms with Crippen molar-refractivity contribution in [2.45, 2.75) is 26.3 Å². The third kappa shape index (κ3) is 2.13. The van der Waals surface area contributed by atoms with E-state index in [0.717, 1.165) is 22.0 Å². The Morgan fingerprint density at radius 2 is 2.06 bits per heavy atom. The first-order valence-electron chi connectivity index (χ1n) is 5.50. The van der Waals surface area contributed by atoms with E-state index >= 15 is 0 Å². The molecule has 5 heteroatoms. The summed E-state index contributed by atoms with van der Waals surface area (Å²) in [6.07, 6.45) is 0.211. The SMILES string of the molecule is Cc1ccc(NC2CC(=O)N(C)C2=O)c(C)n1. The molecule has 90 valence electrons. The smallest absolute Gasteiger partial charge is 0.251 e. The Morgan fingerprint density at radius 1 is 1.35 bits per heavy atom. The van der Waals surface area contributed by atoms with Gasteiger partial charge in [-0.05, 0) is 26.0 Å². The number of anilines is 1. The molecule has 1 unspecified atom stereocenters. The summed E-state index contributed by atoms with van der Waals surface area (Å²) < 4.78 is 0. The van der Waals surface area contributed by atoms with Gasteiger partial charge in [-0.25, -0.2) is 0 Å². The molecule has 1 fully saturated rings. The Kier molecular flexibility index (Phi) is 2.83. The van der Waals surface area contributed by atoms with Crippen molar-refractivity contribution >= 4 is 17.5 Å². The molecule has 17 heavy (non-hydrogen) atoms. The number of imide groups is 1. The fourth-order valence-corrected chi connectivity index (χ4v) is 1.90. The number of pyridine rings is 1. The highest BCUT2D eigenvalue weighted by atomic mass is 16.2. The predicted molar refractivity (Wildman–Crippen MR) is 63.5 cm³/mol. The van der Waals surface area contributed by atoms with E-state index in [0.29, 0.717) is 0 Å². The average molecular weight is 233 g/mol. The molecule has 0 aromatic carbocycles. The van der Waals surface area contributed by atoms with Crippen LogP contribution in [0.1, 0.15) is 17.8 Å². The highest BCUT2D eigenvalue weighted by Gasteiger charge is 2.36. The molecule has 2 amide bonds. The topological polar surface area (TPSA) is 62.3 Å². The lowest BCUT2D eigenvalue weighted by atomic mass is 10.2. The standard InChI is InChI=1S/C12H15N3O2/c1-7-4-5-9(8(2)13-7)14-10-6-11(16)15(3)12(10)17/h4-5,10,14H,6H2,1-3H3. The number of nitrogens with zero attached hydrogens (tertiary/aromatic N) is 2. The van der Waals surface area contributed by atoms with Gasteiger partial charge in [0.1, 0.15) is 6.04 Å². The summed E-state index contributed by atoms with van der Waals surface area (Å²) in [6, 6.07) is 3.30. The van der Waals surface area contributed by atoms with E-state index in [1.54, 1.807) is 0 Å². The van der Waals surface area contributed by atoms with Crippen molar-refractivity contribution in [2.75, 3.05) is 12.4 Å². The number of aromatic nitrogens is 1. The average Bonchev–Trinajstić information content (AvgIpc) is 2.50. The molecule has 0 radical (unpaired) electrons. The number of carbonyl (C=O) groups excluding carboxylic acids is 2. The fraction of sp³-hybridized carbons (Fsp3) is 0.417. The molecular formula is C12H15N3O2. The molecule has 1 aromatic rings. The predicted octanol–water partition coefficient (Wildman–Crippen LogP) is 0.868. The quantitative estimate of drug-likeness (QED) is 0.770. The zero-order valence-corrected chi connectivity index (χ0v) is 10.2. The van der Waals surface area contributed by atoms with E-state index in [2.05, 4.69) is 10.3 Å². The molecule has 5 nitrogen and oxygen atoms in total. The van der Waals surface area contributed by atoms with Crippen LogP contribution in [0, 0.1) is 13.8 Å². The maximum atomic E-state index is 11.7. The molecule has 1 N–H and O–H groups in total. The van der Waals surface area contributed by atoms with Crippen molar-refractivity contribution in [2.24, 2.45) is 0 Å². The van der Waals surface area contributed by atoms with Gasteiger partial charge in [0.05, 0.1) is 17.8 Å². The first kappa shape index (κ1) is 11.6. The van der Waals surface area contributed by atoms with Crippen LogP contribution in [-0.4, -0.2) is 34.8 Å². The van der Waals surface area contributed by atoms with Crippen LogP contribution in [0.15, 0.2) is 12.1 Å². The summed E-state index contributed by atoms with van der Waals surface area (Å²) in [6.45, 7) is 3.79. The lowest BCUT2D eigenvalue weighted by Crippen LogP contribution is -2.32. The van der Waals surface area contributed by atoms with Gasteiger partial charge in [0.15, 0.2) is 0 Å². The van der Waals surface area contributed by atoms with Crippen molar-refractivity contribution in [1.82, 2.24) is 9.88 Å². The minimum absolute atomic E-state index is 0.148. The molecule has 1 aliphatic heterocycles. The van der Waals surface area contributed by atoms with Crippen LogP contribution in [0.4, 0.5) is 5.69 Å². The van der Waals surface area contributed by atoms with Crippen molar-refractivity contribution in [3.05, 3.63) is 23.5 Å². The largest absolute Gasteiger partial charge is 0.372 e. The van der Waals surface area contributed by atoms with Crippen molar-refractivity contribution in [1.29, 1.82) is 0 Å². The lowest BCUT2D eigenvalue weighted by molar-refractivity contribution is -0.136. The summed E-state index contributed by atoms with van der Waals surface area (Å²) in [5.74, 6) is -0.333. The fourth-order valence-electron chi connectivity index (χ4n) is 1.90. The Balaban J connectivity index is 2.17. The minimum Gasteiger partial charge on any atom is -0.372 e. The van der Waals surface area contributed by atoms with Crippen molar-refractivity contribution in [3.63, 3.8) is 0 Å². The molecule has 1 atom stereocenters. The number of carbonyl (C=O) groups is 2. The van der Waals surface area contributed by atoms with Crippen LogP contribution in [0.3, 0.4) is 0 Å². The van der Waals surface area contributed by atoms with Gasteiger partial charge in [-0.2, -0.15) is 0 Å². The van der Waals surface area contributed by atoms with Gasteiger partial charge in [-0.1, -0.05) is 0 Å². The molecule has 1 aromatic heterocycles. The van der Waals surface area contributed by atoms with Crippen LogP contribution in [0.25, 0.3) is 0 Å². The summed E-state index contributed by atoms with van der Waals surface area (Å²) in [7, 11) is 1.51. The zero-order chi connectivity index (χ0) is 12.6. The van der Waals surface area contributed by atoms with Crippen LogP contribution >= 0.6 is 0 Å². The van der Waals surface area contributed by atoms with Gasteiger partial charge in [0.25, 0.3) is 5.91 Å². The third-order valence-corrected chi connectivity index (χ3v) is 2.94. The van der Waals surface area contributed by atoms with Gasteiger partial charge in [0.2, 0.25) is 5.91 Å². The second-order valence-electron chi connectivity index (χ2n) is 4.28. The van der Waals surface area contributed by atoms with E-state index in [1.807, 2.05) is 26.0 Å². The highest BCUT2D eigenvalue weighted by molar-refractivity contribution is 6.06. The van der Waals surface area contributed by atoms with E-state index in [-0.39, 0.29) is 18.2 Å². The Morgan fingerprint density at radius 3 is 2.59 bits per heavy atom. The maximum Gasteiger partial charge on any atom is 0.251 e. The second kappa shape index (κ2) is 4.16. The lowest BCUT2D eigenvalue weighted by Gasteiger charge is -2.14. The molecule has 0 spiro atoms. The van der Waals surface area contributed by atoms with Gasteiger partial charge in [-0.15, -0.1) is 0 Å². The third-order valence-electron chi connectivity index (χ3n) is 2.94. The molecule has 1 aliphatic rings. The highest BCUT2D eigenvalue weighted by Crippen LogP contribution is 2.19. The van der Waals surface area contributed by atoms with Crippen molar-refractivity contribution < 1.29 is 9.59 Å². The summed E-state index contributed by atoms with van der Waals surface area (Å²) in [5, 5.41) is 3.07. The Labute approximate surface area is 99.8 Å². The first-order valence-corrected chi connectivity index (χ1v) is 5.50. The molecule has 2 rings (SSSR count). The van der Waals surface area contributed by atoms with Gasteiger partial charge in [0, 0.05) is 12.7 Å². The minimum atomic E-state index is -0.462. The van der Waals surface area contributed by atoms with Crippen molar-refractivity contribution in [3.8, 4) is 0 Å². The summed E-state index contributed by atoms with van der Waals surface area (Å²) in [4.78, 5) is 28.6. The molecule has 0 bridgehead atoms. The summed E-state index contributed by atoms with van der Waals surface area (Å²) >= 11 is 0. The number of likely N-dealkylation sites (tertiary alicyclic amines) is 1. The summed E-state index contributed by atoms with van der Waals surface area (Å²) in [5.41, 5.74) is 2.57. The molecule has 1 saturated heterocycles. The molecular weight excluding hydrogens is 218 g/mol. The molecule has 2 heterocycles. The second-order valence-corrected chi connectivity index (χ2v) is 4.28. The van der Waals surface area contributed by atoms with Crippen LogP contribution in [0.5, 0.6) is 0 Å². The Bertz CT molecular complexity index is 485. The van der Waals surface area contributed by atoms with E-state index in [4.69, 9.17) is 0 Å². The maximum absolute atomic E-state index is 11.7. The number of likely N-dealkylation sites (N-methyl/N-ethyl adjacent to an activating group) is 1. The van der Waals surface area contributed by atoms with Gasteiger partial charge < -0.3 is 5.32 Å². The number of rotatable bonds is 2. The monoisotopic (exact) mass is 233 g/mol. The van der Waals surface area contributed by atoms with E-state index in [9.17, 15) is 9.59 Å². The molecule has 0 aliphatic carbocycles. The first-order chi connectivity index (χ1) is 7.99. The Hall–Kier alpha value is -1.91. The normalized spacial score (nSPS) is 19.9. The number of hydrogen-bond acceptors (Lipinski definition) is 4. The van der Waals surface area contributed by atoms with E-state index in [1.165, 1.54) is 7.05 Å². The number of hydrogen-bond donors (Lipinski definition) is 1.